The molecule has 8 heteroatoms. The Bertz CT molecular complexity index is 929. The van der Waals surface area contributed by atoms with E-state index in [1.165, 1.54) is 10.9 Å². The third kappa shape index (κ3) is 3.15. The fraction of sp³-hybridized carbons (Fsp3) is 0.278. The Kier molecular flexibility index (Phi) is 4.34. The van der Waals surface area contributed by atoms with Crippen LogP contribution in [0.2, 0.25) is 0 Å². The average molecular weight is 368 g/mol. The van der Waals surface area contributed by atoms with Crippen molar-refractivity contribution in [2.45, 2.75) is 18.8 Å². The van der Waals surface area contributed by atoms with Gasteiger partial charge >= 0.3 is 5.97 Å². The molecule has 4 rings (SSSR count). The van der Waals surface area contributed by atoms with Crippen molar-refractivity contribution in [2.24, 2.45) is 0 Å². The number of rotatable bonds is 3. The number of para-hydroxylation sites is 1. The predicted molar refractivity (Wildman–Crippen MR) is 96.5 cm³/mol. The van der Waals surface area contributed by atoms with Gasteiger partial charge < -0.3 is 10.0 Å². The Morgan fingerprint density at radius 1 is 1.08 bits per heavy atom. The Hall–Kier alpha value is -2.87. The minimum Gasteiger partial charge on any atom is -0.476 e. The maximum Gasteiger partial charge on any atom is 0.356 e. The second-order valence-electron chi connectivity index (χ2n) is 6.18. The normalized spacial score (nSPS) is 15.3. The number of carbonyl (C=O) groups excluding carboxylic acids is 1. The molecule has 7 nitrogen and oxygen atoms in total. The van der Waals surface area contributed by atoms with Gasteiger partial charge in [0.25, 0.3) is 5.91 Å². The fourth-order valence-corrected chi connectivity index (χ4v) is 4.24. The lowest BCUT2D eigenvalue weighted by molar-refractivity contribution is 0.0679. The summed E-state index contributed by atoms with van der Waals surface area (Å²) in [4.78, 5) is 37.5. The van der Waals surface area contributed by atoms with Gasteiger partial charge in [-0.3, -0.25) is 4.79 Å². The number of hydrogen-bond acceptors (Lipinski definition) is 6. The van der Waals surface area contributed by atoms with Crippen molar-refractivity contribution in [2.75, 3.05) is 13.1 Å². The summed E-state index contributed by atoms with van der Waals surface area (Å²) in [5.41, 5.74) is 1.03. The van der Waals surface area contributed by atoms with E-state index in [1.807, 2.05) is 18.2 Å². The van der Waals surface area contributed by atoms with Crippen molar-refractivity contribution in [1.29, 1.82) is 0 Å². The molecule has 1 saturated heterocycles. The second kappa shape index (κ2) is 6.80. The molecule has 1 aliphatic rings. The minimum atomic E-state index is -1.16. The zero-order valence-corrected chi connectivity index (χ0v) is 14.6. The summed E-state index contributed by atoms with van der Waals surface area (Å²) in [6.07, 6.45) is 4.05. The van der Waals surface area contributed by atoms with Crippen LogP contribution in [0, 0.1) is 0 Å². The van der Waals surface area contributed by atoms with Crippen LogP contribution in [0.25, 0.3) is 10.2 Å². The van der Waals surface area contributed by atoms with Crippen LogP contribution >= 0.6 is 11.3 Å². The second-order valence-corrected chi connectivity index (χ2v) is 7.24. The first-order chi connectivity index (χ1) is 12.6. The van der Waals surface area contributed by atoms with Gasteiger partial charge in [0.05, 0.1) is 27.6 Å². The van der Waals surface area contributed by atoms with Gasteiger partial charge in [-0.2, -0.15) is 0 Å². The highest BCUT2D eigenvalue weighted by atomic mass is 32.1. The molecule has 0 spiro atoms. The smallest absolute Gasteiger partial charge is 0.356 e. The molecule has 26 heavy (non-hydrogen) atoms. The van der Waals surface area contributed by atoms with Gasteiger partial charge in [0.15, 0.2) is 5.69 Å². The van der Waals surface area contributed by atoms with Gasteiger partial charge in [0, 0.05) is 19.0 Å². The molecule has 0 bridgehead atoms. The number of carboxylic acid groups (broad SMARTS) is 1. The van der Waals surface area contributed by atoms with Crippen LogP contribution in [-0.4, -0.2) is 49.9 Å². The van der Waals surface area contributed by atoms with Crippen LogP contribution in [0.4, 0.5) is 0 Å². The summed E-state index contributed by atoms with van der Waals surface area (Å²) in [5, 5.41) is 9.98. The predicted octanol–water partition coefficient (Wildman–Crippen LogP) is 2.80. The summed E-state index contributed by atoms with van der Waals surface area (Å²) >= 11 is 1.72. The molecule has 1 aromatic carbocycles. The quantitative estimate of drug-likeness (QED) is 0.764. The van der Waals surface area contributed by atoms with Crippen molar-refractivity contribution in [3.05, 3.63) is 53.1 Å². The summed E-state index contributed by atoms with van der Waals surface area (Å²) in [6, 6.07) is 8.11. The van der Waals surface area contributed by atoms with E-state index in [9.17, 15) is 9.59 Å². The fourth-order valence-electron chi connectivity index (χ4n) is 3.11. The third-order valence-electron chi connectivity index (χ3n) is 4.53. The Morgan fingerprint density at radius 3 is 2.42 bits per heavy atom. The SMILES string of the molecule is O=C(O)c1cnc(C(=O)N2CCC(c3nc4ccccc4s3)CC2)cn1. The zero-order chi connectivity index (χ0) is 18.1. The monoisotopic (exact) mass is 368 g/mol. The summed E-state index contributed by atoms with van der Waals surface area (Å²) in [7, 11) is 0. The molecule has 0 saturated carbocycles. The number of aromatic carboxylic acids is 1. The lowest BCUT2D eigenvalue weighted by Gasteiger charge is -2.30. The van der Waals surface area contributed by atoms with Crippen LogP contribution in [0.3, 0.4) is 0 Å². The first kappa shape index (κ1) is 16.6. The Morgan fingerprint density at radius 2 is 1.77 bits per heavy atom. The number of carbonyl (C=O) groups is 2. The molecule has 0 atom stereocenters. The van der Waals surface area contributed by atoms with E-state index in [2.05, 4.69) is 16.0 Å². The van der Waals surface area contributed by atoms with Crippen LogP contribution in [0.5, 0.6) is 0 Å². The molecule has 0 aliphatic carbocycles. The van der Waals surface area contributed by atoms with Gasteiger partial charge in [-0.1, -0.05) is 12.1 Å². The van der Waals surface area contributed by atoms with Crippen molar-refractivity contribution in [3.63, 3.8) is 0 Å². The number of nitrogens with zero attached hydrogens (tertiary/aromatic N) is 4. The molecular formula is C18H16N4O3S. The van der Waals surface area contributed by atoms with Gasteiger partial charge in [0.1, 0.15) is 5.69 Å². The molecule has 132 valence electrons. The lowest BCUT2D eigenvalue weighted by Crippen LogP contribution is -2.38. The third-order valence-corrected chi connectivity index (χ3v) is 5.73. The van der Waals surface area contributed by atoms with Crippen LogP contribution in [0.15, 0.2) is 36.7 Å². The number of hydrogen-bond donors (Lipinski definition) is 1. The summed E-state index contributed by atoms with van der Waals surface area (Å²) < 4.78 is 1.19. The molecule has 1 N–H and O–H groups in total. The van der Waals surface area contributed by atoms with E-state index in [0.717, 1.165) is 29.6 Å². The van der Waals surface area contributed by atoms with E-state index in [1.54, 1.807) is 16.2 Å². The number of aromatic nitrogens is 3. The van der Waals surface area contributed by atoms with Crippen LogP contribution in [-0.2, 0) is 0 Å². The van der Waals surface area contributed by atoms with E-state index in [4.69, 9.17) is 10.1 Å². The molecule has 1 fully saturated rings. The van der Waals surface area contributed by atoms with E-state index >= 15 is 0 Å². The van der Waals surface area contributed by atoms with Crippen molar-refractivity contribution >= 4 is 33.4 Å². The Balaban J connectivity index is 1.42. The van der Waals surface area contributed by atoms with Gasteiger partial charge in [0.2, 0.25) is 0 Å². The maximum atomic E-state index is 12.5. The molecule has 0 radical (unpaired) electrons. The zero-order valence-electron chi connectivity index (χ0n) is 13.8. The highest BCUT2D eigenvalue weighted by Crippen LogP contribution is 2.33. The molecule has 0 unspecified atom stereocenters. The van der Waals surface area contributed by atoms with E-state index in [0.29, 0.717) is 19.0 Å². The highest BCUT2D eigenvalue weighted by Gasteiger charge is 2.27. The minimum absolute atomic E-state index is 0.170. The number of fused-ring (bicyclic) bond motifs is 1. The number of benzene rings is 1. The molecule has 1 amide bonds. The molecular weight excluding hydrogens is 352 g/mol. The first-order valence-corrected chi connectivity index (χ1v) is 9.13. The molecule has 1 aliphatic heterocycles. The number of amides is 1. The highest BCUT2D eigenvalue weighted by molar-refractivity contribution is 7.18. The maximum absolute atomic E-state index is 12.5. The van der Waals surface area contributed by atoms with Crippen molar-refractivity contribution in [3.8, 4) is 0 Å². The number of likely N-dealkylation sites (tertiary alicyclic amines) is 1. The van der Waals surface area contributed by atoms with Crippen molar-refractivity contribution < 1.29 is 14.7 Å². The number of piperidine rings is 1. The molecule has 3 aromatic rings. The first-order valence-electron chi connectivity index (χ1n) is 8.32. The summed E-state index contributed by atoms with van der Waals surface area (Å²) in [5.74, 6) is -1.01. The number of carboxylic acids is 1. The standard InChI is InChI=1S/C18H16N4O3S/c23-17(13-9-20-14(10-19-13)18(24)25)22-7-5-11(6-8-22)16-21-12-3-1-2-4-15(12)26-16/h1-4,9-11H,5-8H2,(H,24,25). The topological polar surface area (TPSA) is 96.3 Å². The van der Waals surface area contributed by atoms with E-state index in [-0.39, 0.29) is 17.3 Å². The van der Waals surface area contributed by atoms with E-state index < -0.39 is 5.97 Å². The lowest BCUT2D eigenvalue weighted by atomic mass is 9.97. The largest absolute Gasteiger partial charge is 0.476 e. The van der Waals surface area contributed by atoms with Gasteiger partial charge in [-0.15, -0.1) is 11.3 Å². The average Bonchev–Trinajstić information content (AvgIpc) is 3.12. The summed E-state index contributed by atoms with van der Waals surface area (Å²) in [6.45, 7) is 1.25. The van der Waals surface area contributed by atoms with Crippen LogP contribution in [0.1, 0.15) is 44.7 Å². The van der Waals surface area contributed by atoms with Gasteiger partial charge in [-0.05, 0) is 25.0 Å². The number of thiazole rings is 1. The molecule has 2 aromatic heterocycles. The van der Waals surface area contributed by atoms with Gasteiger partial charge in [-0.25, -0.2) is 19.7 Å². The molecule has 3 heterocycles. The van der Waals surface area contributed by atoms with Crippen LogP contribution < -0.4 is 0 Å². The Labute approximate surface area is 153 Å². The van der Waals surface area contributed by atoms with Crippen molar-refractivity contribution in [1.82, 2.24) is 19.9 Å².